The van der Waals surface area contributed by atoms with E-state index in [4.69, 9.17) is 29.0 Å². The van der Waals surface area contributed by atoms with Crippen molar-refractivity contribution in [3.05, 3.63) is 47.0 Å². The minimum atomic E-state index is -4.23. The first-order valence-corrected chi connectivity index (χ1v) is 13.7. The van der Waals surface area contributed by atoms with Crippen LogP contribution in [-0.2, 0) is 28.1 Å². The molecule has 2 saturated heterocycles. The number of esters is 1. The first-order valence-electron chi connectivity index (χ1n) is 12.2. The van der Waals surface area contributed by atoms with Gasteiger partial charge in [0.15, 0.2) is 17.4 Å². The number of carbonyl (C=O) groups excluding carboxylic acids is 1. The zero-order valence-corrected chi connectivity index (χ0v) is 22.2. The zero-order chi connectivity index (χ0) is 27.9. The highest BCUT2D eigenvalue weighted by molar-refractivity contribution is 7.52. The number of aromatic nitrogens is 4. The van der Waals surface area contributed by atoms with Gasteiger partial charge in [-0.2, -0.15) is 10.1 Å². The number of ether oxygens (including phenoxy) is 3. The van der Waals surface area contributed by atoms with Crippen LogP contribution in [-0.4, -0.2) is 73.8 Å². The van der Waals surface area contributed by atoms with Crippen LogP contribution in [0.1, 0.15) is 27.0 Å². The third-order valence-corrected chi connectivity index (χ3v) is 7.86. The normalized spacial score (nSPS) is 26.5. The van der Waals surface area contributed by atoms with Crippen LogP contribution in [0.25, 0.3) is 11.2 Å². The summed E-state index contributed by atoms with van der Waals surface area (Å²) in [5, 5.41) is 13.7. The van der Waals surface area contributed by atoms with Gasteiger partial charge in [-0.3, -0.25) is 23.7 Å². The van der Waals surface area contributed by atoms with Gasteiger partial charge in [-0.25, -0.2) is 9.55 Å². The number of imidazole rings is 1. The number of rotatable bonds is 10. The summed E-state index contributed by atoms with van der Waals surface area (Å²) >= 11 is 0. The molecule has 3 unspecified atom stereocenters. The van der Waals surface area contributed by atoms with Gasteiger partial charge >= 0.3 is 13.7 Å². The standard InChI is InChI=1S/C23H29N6O9P/c1-12(2)36-21(32)13(3)28-39(33,38-14-7-5-4-6-8-14)35-10-23-9-34-16(17(23)30)20(37-23)29-11-25-15-18(29)26-22(24)27-19(15)31/h4-8,11-13,16-17,20,30H,9-10H2,1-3H3,(H,28,33)(H3,24,26,27,31)/t13-,16-,17+,20?,23?,39?/m1/s1. The second kappa shape index (κ2) is 10.3. The second-order valence-electron chi connectivity index (χ2n) is 9.58. The molecular formula is C23H29N6O9P. The van der Waals surface area contributed by atoms with E-state index in [-0.39, 0.29) is 35.6 Å². The average molecular weight is 564 g/mol. The Hall–Kier alpha value is -3.33. The van der Waals surface area contributed by atoms with Crippen LogP contribution in [0, 0.1) is 0 Å². The van der Waals surface area contributed by atoms with Gasteiger partial charge in [0.1, 0.15) is 29.6 Å². The maximum atomic E-state index is 13.9. The number of fused-ring (bicyclic) bond motifs is 3. The number of aliphatic hydroxyl groups excluding tert-OH is 1. The Labute approximate surface area is 222 Å². The number of hydrogen-bond acceptors (Lipinski definition) is 12. The van der Waals surface area contributed by atoms with Gasteiger partial charge in [-0.15, -0.1) is 0 Å². The molecule has 5 N–H and O–H groups in total. The SMILES string of the molecule is CC(C)OC(=O)[C@@H](C)NP(=O)(OCC12CO[C@@H](C(n3cnc4c(=O)[nH]c(N)nc43)O1)[C@@H]2O)Oc1ccccc1. The minimum Gasteiger partial charge on any atom is -0.462 e. The number of H-pyrrole nitrogens is 1. The molecule has 4 heterocycles. The van der Waals surface area contributed by atoms with Crippen LogP contribution in [0.3, 0.4) is 0 Å². The number of nitrogens with two attached hydrogens (primary N) is 1. The average Bonchev–Trinajstić information content (AvgIpc) is 3.52. The molecular weight excluding hydrogens is 535 g/mol. The highest BCUT2D eigenvalue weighted by Crippen LogP contribution is 2.50. The number of aromatic amines is 1. The second-order valence-corrected chi connectivity index (χ2v) is 11.3. The lowest BCUT2D eigenvalue weighted by Crippen LogP contribution is -2.46. The van der Waals surface area contributed by atoms with Crippen molar-refractivity contribution in [2.75, 3.05) is 18.9 Å². The fourth-order valence-electron chi connectivity index (χ4n) is 4.40. The molecule has 0 spiro atoms. The molecule has 1 aromatic carbocycles. The van der Waals surface area contributed by atoms with Crippen LogP contribution in [0.2, 0.25) is 0 Å². The number of aliphatic hydroxyl groups is 1. The summed E-state index contributed by atoms with van der Waals surface area (Å²) in [6, 6.07) is 7.20. The molecule has 39 heavy (non-hydrogen) atoms. The smallest absolute Gasteiger partial charge is 0.459 e. The molecule has 2 aliphatic rings. The Balaban J connectivity index is 1.38. The number of carbonyl (C=O) groups is 1. The Morgan fingerprint density at radius 2 is 2.10 bits per heavy atom. The maximum Gasteiger partial charge on any atom is 0.459 e. The van der Waals surface area contributed by atoms with Gasteiger partial charge in [0, 0.05) is 0 Å². The summed E-state index contributed by atoms with van der Waals surface area (Å²) in [4.78, 5) is 35.2. The molecule has 15 nitrogen and oxygen atoms in total. The van der Waals surface area contributed by atoms with Gasteiger partial charge in [0.25, 0.3) is 5.56 Å². The Bertz CT molecular complexity index is 1460. The topological polar surface area (TPSA) is 202 Å². The van der Waals surface area contributed by atoms with Crippen molar-refractivity contribution in [2.24, 2.45) is 0 Å². The first kappa shape index (κ1) is 27.2. The maximum absolute atomic E-state index is 13.9. The quantitative estimate of drug-likeness (QED) is 0.200. The molecule has 0 radical (unpaired) electrons. The summed E-state index contributed by atoms with van der Waals surface area (Å²) in [5.74, 6) is -0.550. The van der Waals surface area contributed by atoms with Gasteiger partial charge < -0.3 is 29.6 Å². The van der Waals surface area contributed by atoms with Gasteiger partial charge in [0.2, 0.25) is 5.95 Å². The van der Waals surface area contributed by atoms with E-state index in [9.17, 15) is 19.3 Å². The van der Waals surface area contributed by atoms with Crippen molar-refractivity contribution < 1.29 is 37.7 Å². The third-order valence-electron chi connectivity index (χ3n) is 6.24. The van der Waals surface area contributed by atoms with E-state index in [1.807, 2.05) is 0 Å². The Kier molecular flexibility index (Phi) is 7.22. The molecule has 2 fully saturated rings. The van der Waals surface area contributed by atoms with E-state index >= 15 is 0 Å². The van der Waals surface area contributed by atoms with Crippen molar-refractivity contribution >= 4 is 30.8 Å². The molecule has 16 heteroatoms. The number of hydrogen-bond donors (Lipinski definition) is 4. The molecule has 5 rings (SSSR count). The number of anilines is 1. The number of para-hydroxylation sites is 1. The molecule has 0 amide bonds. The van der Waals surface area contributed by atoms with Crippen molar-refractivity contribution in [1.29, 1.82) is 0 Å². The molecule has 0 aliphatic carbocycles. The van der Waals surface area contributed by atoms with Crippen LogP contribution >= 0.6 is 7.75 Å². The summed E-state index contributed by atoms with van der Waals surface area (Å²) in [5.41, 5.74) is 3.87. The van der Waals surface area contributed by atoms with E-state index in [1.54, 1.807) is 44.2 Å². The van der Waals surface area contributed by atoms with E-state index in [2.05, 4.69) is 20.0 Å². The summed E-state index contributed by atoms with van der Waals surface area (Å²) in [6.45, 7) is 4.32. The zero-order valence-electron chi connectivity index (χ0n) is 21.3. The molecule has 3 aromatic rings. The van der Waals surface area contributed by atoms with Gasteiger partial charge in [-0.05, 0) is 32.9 Å². The Morgan fingerprint density at radius 3 is 2.82 bits per heavy atom. The van der Waals surface area contributed by atoms with Crippen molar-refractivity contribution in [2.45, 2.75) is 57.0 Å². The molecule has 210 valence electrons. The number of benzene rings is 1. The largest absolute Gasteiger partial charge is 0.462 e. The first-order chi connectivity index (χ1) is 18.5. The van der Waals surface area contributed by atoms with Crippen molar-refractivity contribution in [3.8, 4) is 5.75 Å². The lowest BCUT2D eigenvalue weighted by atomic mass is 10.0. The van der Waals surface area contributed by atoms with E-state index in [1.165, 1.54) is 17.8 Å². The van der Waals surface area contributed by atoms with Crippen LogP contribution < -0.4 is 20.9 Å². The van der Waals surface area contributed by atoms with Crippen molar-refractivity contribution in [1.82, 2.24) is 24.6 Å². The minimum absolute atomic E-state index is 0.0302. The van der Waals surface area contributed by atoms with Gasteiger partial charge in [-0.1, -0.05) is 18.2 Å². The number of nitrogens with one attached hydrogen (secondary N) is 2. The highest BCUT2D eigenvalue weighted by Gasteiger charge is 2.63. The molecule has 2 aromatic heterocycles. The molecule has 0 saturated carbocycles. The van der Waals surface area contributed by atoms with Gasteiger partial charge in [0.05, 0.1) is 25.6 Å². The van der Waals surface area contributed by atoms with Crippen LogP contribution in [0.15, 0.2) is 41.5 Å². The monoisotopic (exact) mass is 564 g/mol. The van der Waals surface area contributed by atoms with Crippen LogP contribution in [0.4, 0.5) is 5.95 Å². The predicted molar refractivity (Wildman–Crippen MR) is 136 cm³/mol. The van der Waals surface area contributed by atoms with E-state index in [0.29, 0.717) is 0 Å². The molecule has 2 aliphatic heterocycles. The predicted octanol–water partition coefficient (Wildman–Crippen LogP) is 0.863. The Morgan fingerprint density at radius 1 is 1.36 bits per heavy atom. The van der Waals surface area contributed by atoms with Crippen molar-refractivity contribution in [3.63, 3.8) is 0 Å². The highest BCUT2D eigenvalue weighted by atomic mass is 31.2. The van der Waals surface area contributed by atoms with Crippen LogP contribution in [0.5, 0.6) is 5.75 Å². The lowest BCUT2D eigenvalue weighted by Gasteiger charge is -2.32. The molecule has 6 atom stereocenters. The number of nitrogens with zero attached hydrogens (tertiary/aromatic N) is 3. The fraction of sp³-hybridized carbons (Fsp3) is 0.478. The lowest BCUT2D eigenvalue weighted by molar-refractivity contribution is -0.183. The fourth-order valence-corrected chi connectivity index (χ4v) is 5.94. The summed E-state index contributed by atoms with van der Waals surface area (Å²) in [6.07, 6.45) is -2.10. The third kappa shape index (κ3) is 5.29. The number of nitrogen functional groups attached to an aromatic ring is 1. The van der Waals surface area contributed by atoms with E-state index in [0.717, 1.165) is 0 Å². The van der Waals surface area contributed by atoms with E-state index < -0.39 is 56.0 Å². The summed E-state index contributed by atoms with van der Waals surface area (Å²) < 4.78 is 43.9. The summed E-state index contributed by atoms with van der Waals surface area (Å²) in [7, 11) is -4.23. The molecule has 2 bridgehead atoms.